The van der Waals surface area contributed by atoms with Crippen molar-refractivity contribution < 1.29 is 14.4 Å². The maximum absolute atomic E-state index is 13.5. The number of benzene rings is 1. The minimum Gasteiger partial charge on any atom is -0.393 e. The minimum atomic E-state index is -0.860. The summed E-state index contributed by atoms with van der Waals surface area (Å²) in [7, 11) is 0. The molecule has 5 nitrogen and oxygen atoms in total. The zero-order valence-electron chi connectivity index (χ0n) is 9.10. The van der Waals surface area contributed by atoms with Crippen molar-refractivity contribution in [3.63, 3.8) is 0 Å². The maximum atomic E-state index is 13.5. The molecule has 0 saturated heterocycles. The Morgan fingerprint density at radius 1 is 1.59 bits per heavy atom. The van der Waals surface area contributed by atoms with E-state index in [0.717, 1.165) is 12.1 Å². The van der Waals surface area contributed by atoms with Gasteiger partial charge in [0, 0.05) is 18.0 Å². The van der Waals surface area contributed by atoms with Crippen molar-refractivity contribution in [2.45, 2.75) is 24.4 Å². The van der Waals surface area contributed by atoms with Gasteiger partial charge in [-0.15, -0.1) is 0 Å². The number of aliphatic hydroxyl groups is 1. The molecule has 1 aliphatic carbocycles. The van der Waals surface area contributed by atoms with Crippen LogP contribution in [0.25, 0.3) is 0 Å². The van der Waals surface area contributed by atoms with Crippen molar-refractivity contribution in [1.82, 2.24) is 0 Å². The summed E-state index contributed by atoms with van der Waals surface area (Å²) in [5.74, 6) is -0.860. The number of nitro benzene ring substituents is 1. The second-order valence-electron chi connectivity index (χ2n) is 4.47. The molecule has 2 rings (SSSR count). The molecule has 0 radical (unpaired) electrons. The number of hydrogen-bond acceptors (Lipinski definition) is 4. The number of nitrogens with two attached hydrogens (primary N) is 1. The summed E-state index contributed by atoms with van der Waals surface area (Å²) >= 11 is 0. The van der Waals surface area contributed by atoms with Crippen LogP contribution in [0.3, 0.4) is 0 Å². The van der Waals surface area contributed by atoms with E-state index in [1.807, 2.05) is 0 Å². The van der Waals surface area contributed by atoms with Gasteiger partial charge < -0.3 is 10.8 Å². The fourth-order valence-electron chi connectivity index (χ4n) is 2.35. The molecule has 0 unspecified atom stereocenters. The first-order chi connectivity index (χ1) is 7.98. The Morgan fingerprint density at radius 3 is 2.65 bits per heavy atom. The first kappa shape index (κ1) is 11.9. The van der Waals surface area contributed by atoms with Gasteiger partial charge in [-0.25, -0.2) is 0 Å². The molecule has 1 saturated carbocycles. The molecule has 0 bridgehead atoms. The van der Waals surface area contributed by atoms with Crippen molar-refractivity contribution >= 4 is 5.69 Å². The third kappa shape index (κ3) is 1.89. The van der Waals surface area contributed by atoms with Crippen molar-refractivity contribution in [2.24, 2.45) is 5.73 Å². The Labute approximate surface area is 97.2 Å². The predicted octanol–water partition coefficient (Wildman–Crippen LogP) is 1.09. The molecule has 92 valence electrons. The summed E-state index contributed by atoms with van der Waals surface area (Å²) in [6.45, 7) is 0.293. The summed E-state index contributed by atoms with van der Waals surface area (Å²) in [6.07, 6.45) is 0.526. The summed E-state index contributed by atoms with van der Waals surface area (Å²) in [4.78, 5) is 9.73. The van der Waals surface area contributed by atoms with Gasteiger partial charge in [-0.3, -0.25) is 10.1 Å². The van der Waals surface area contributed by atoms with Gasteiger partial charge >= 0.3 is 5.69 Å². The number of nitro groups is 1. The highest BCUT2D eigenvalue weighted by Crippen LogP contribution is 2.43. The van der Waals surface area contributed by atoms with E-state index < -0.39 is 27.9 Å². The molecular weight excluding hydrogens is 227 g/mol. The Hall–Kier alpha value is -1.53. The molecule has 17 heavy (non-hydrogen) atoms. The molecule has 0 aromatic heterocycles. The molecule has 1 fully saturated rings. The van der Waals surface area contributed by atoms with Crippen LogP contribution in [0, 0.1) is 15.9 Å². The van der Waals surface area contributed by atoms with Crippen LogP contribution in [0.1, 0.15) is 18.4 Å². The van der Waals surface area contributed by atoms with Crippen LogP contribution in [0.2, 0.25) is 0 Å². The topological polar surface area (TPSA) is 89.4 Å². The van der Waals surface area contributed by atoms with Gasteiger partial charge in [0.1, 0.15) is 0 Å². The lowest BCUT2D eigenvalue weighted by molar-refractivity contribution is -0.387. The molecule has 1 aliphatic rings. The van der Waals surface area contributed by atoms with Crippen LogP contribution in [0.4, 0.5) is 10.1 Å². The van der Waals surface area contributed by atoms with Gasteiger partial charge in [-0.2, -0.15) is 4.39 Å². The zero-order chi connectivity index (χ0) is 12.6. The van der Waals surface area contributed by atoms with E-state index in [9.17, 15) is 19.6 Å². The molecule has 0 heterocycles. The lowest BCUT2D eigenvalue weighted by Gasteiger charge is -2.45. The fraction of sp³-hybridized carbons (Fsp3) is 0.455. The number of aliphatic hydroxyl groups excluding tert-OH is 1. The number of hydrogen-bond donors (Lipinski definition) is 2. The van der Waals surface area contributed by atoms with E-state index in [-0.39, 0.29) is 0 Å². The Morgan fingerprint density at radius 2 is 2.24 bits per heavy atom. The first-order valence-electron chi connectivity index (χ1n) is 5.31. The summed E-state index contributed by atoms with van der Waals surface area (Å²) in [6, 6.07) is 3.81. The number of nitrogens with zero attached hydrogens (tertiary/aromatic N) is 1. The summed E-state index contributed by atoms with van der Waals surface area (Å²) in [5, 5.41) is 19.8. The standard InChI is InChI=1S/C11H13FN2O3/c12-9-3-7(1-2-10(9)14(16)17)11(6-13)4-8(15)5-11/h1-3,8,15H,4-6,13H2. The summed E-state index contributed by atoms with van der Waals surface area (Å²) < 4.78 is 13.5. The molecule has 3 N–H and O–H groups in total. The molecule has 0 atom stereocenters. The van der Waals surface area contributed by atoms with Crippen molar-refractivity contribution in [2.75, 3.05) is 6.54 Å². The van der Waals surface area contributed by atoms with Crippen molar-refractivity contribution in [3.8, 4) is 0 Å². The largest absolute Gasteiger partial charge is 0.393 e. The van der Waals surface area contributed by atoms with E-state index >= 15 is 0 Å². The Balaban J connectivity index is 2.34. The molecule has 0 aliphatic heterocycles. The lowest BCUT2D eigenvalue weighted by atomic mass is 9.63. The molecule has 1 aromatic rings. The van der Waals surface area contributed by atoms with Gasteiger partial charge in [0.25, 0.3) is 0 Å². The van der Waals surface area contributed by atoms with E-state index in [4.69, 9.17) is 5.73 Å². The minimum absolute atomic E-state index is 0.293. The Kier molecular flexibility index (Phi) is 2.84. The maximum Gasteiger partial charge on any atom is 0.304 e. The second kappa shape index (κ2) is 4.05. The van der Waals surface area contributed by atoms with Crippen LogP contribution in [0.15, 0.2) is 18.2 Å². The lowest BCUT2D eigenvalue weighted by Crippen LogP contribution is -2.49. The van der Waals surface area contributed by atoms with Gasteiger partial charge in [-0.1, -0.05) is 6.07 Å². The summed E-state index contributed by atoms with van der Waals surface area (Å²) in [5.41, 5.74) is 5.29. The van der Waals surface area contributed by atoms with Crippen molar-refractivity contribution in [3.05, 3.63) is 39.7 Å². The van der Waals surface area contributed by atoms with Gasteiger partial charge in [0.15, 0.2) is 0 Å². The predicted molar refractivity (Wildman–Crippen MR) is 59.0 cm³/mol. The third-order valence-electron chi connectivity index (χ3n) is 3.40. The second-order valence-corrected chi connectivity index (χ2v) is 4.47. The van der Waals surface area contributed by atoms with Crippen LogP contribution >= 0.6 is 0 Å². The SMILES string of the molecule is NCC1(c2ccc([N+](=O)[O-])c(F)c2)CC(O)C1. The third-order valence-corrected chi connectivity index (χ3v) is 3.40. The highest BCUT2D eigenvalue weighted by molar-refractivity contribution is 5.40. The van der Waals surface area contributed by atoms with E-state index in [1.165, 1.54) is 6.07 Å². The van der Waals surface area contributed by atoms with E-state index in [2.05, 4.69) is 0 Å². The molecule has 6 heteroatoms. The monoisotopic (exact) mass is 240 g/mol. The normalized spacial score (nSPS) is 27.6. The van der Waals surface area contributed by atoms with Gasteiger partial charge in [0.05, 0.1) is 11.0 Å². The highest BCUT2D eigenvalue weighted by Gasteiger charge is 2.44. The Bertz CT molecular complexity index is 458. The van der Waals surface area contributed by atoms with Crippen LogP contribution in [-0.2, 0) is 5.41 Å². The van der Waals surface area contributed by atoms with Crippen LogP contribution in [0.5, 0.6) is 0 Å². The van der Waals surface area contributed by atoms with Gasteiger partial charge in [-0.05, 0) is 24.5 Å². The van der Waals surface area contributed by atoms with E-state index in [1.54, 1.807) is 0 Å². The molecule has 0 spiro atoms. The van der Waals surface area contributed by atoms with Crippen molar-refractivity contribution in [1.29, 1.82) is 0 Å². The molecular formula is C11H13FN2O3. The van der Waals surface area contributed by atoms with Crippen LogP contribution < -0.4 is 5.73 Å². The average Bonchev–Trinajstić information content (AvgIpc) is 2.23. The van der Waals surface area contributed by atoms with E-state index in [0.29, 0.717) is 24.9 Å². The van der Waals surface area contributed by atoms with Crippen LogP contribution in [-0.4, -0.2) is 22.7 Å². The number of rotatable bonds is 3. The average molecular weight is 240 g/mol. The molecule has 1 aromatic carbocycles. The van der Waals surface area contributed by atoms with Gasteiger partial charge in [0.2, 0.25) is 5.82 Å². The fourth-order valence-corrected chi connectivity index (χ4v) is 2.35. The number of halogens is 1. The first-order valence-corrected chi connectivity index (χ1v) is 5.31. The smallest absolute Gasteiger partial charge is 0.304 e. The zero-order valence-corrected chi connectivity index (χ0v) is 9.10. The quantitative estimate of drug-likeness (QED) is 0.611. The molecule has 0 amide bonds. The highest BCUT2D eigenvalue weighted by atomic mass is 19.1.